The van der Waals surface area contributed by atoms with Gasteiger partial charge in [0.05, 0.1) is 27.9 Å². The Morgan fingerprint density at radius 1 is 1.00 bits per heavy atom. The van der Waals surface area contributed by atoms with Crippen molar-refractivity contribution in [1.29, 1.82) is 0 Å². The van der Waals surface area contributed by atoms with E-state index in [1.807, 2.05) is 24.3 Å². The monoisotopic (exact) mass is 394 g/mol. The second-order valence-electron chi connectivity index (χ2n) is 4.83. The highest BCUT2D eigenvalue weighted by molar-refractivity contribution is 9.10. The van der Waals surface area contributed by atoms with Crippen molar-refractivity contribution in [2.75, 3.05) is 38.5 Å². The molecule has 0 bridgehead atoms. The van der Waals surface area contributed by atoms with Crippen LogP contribution in [0.1, 0.15) is 0 Å². The number of carbonyl (C=O) groups excluding carboxylic acids is 1. The minimum absolute atomic E-state index is 0.102. The van der Waals surface area contributed by atoms with Crippen LogP contribution in [0.4, 0.5) is 11.4 Å². The van der Waals surface area contributed by atoms with Gasteiger partial charge < -0.3 is 24.8 Å². The molecule has 0 atom stereocenters. The van der Waals surface area contributed by atoms with Crippen LogP contribution in [-0.4, -0.2) is 33.8 Å². The van der Waals surface area contributed by atoms with Gasteiger partial charge in [-0.25, -0.2) is 0 Å². The fourth-order valence-electron chi connectivity index (χ4n) is 2.14. The van der Waals surface area contributed by atoms with Gasteiger partial charge in [0.2, 0.25) is 11.7 Å². The molecule has 0 aromatic heterocycles. The molecular weight excluding hydrogens is 376 g/mol. The van der Waals surface area contributed by atoms with E-state index in [9.17, 15) is 4.79 Å². The lowest BCUT2D eigenvalue weighted by Crippen LogP contribution is -2.21. The molecule has 0 saturated carbocycles. The average Bonchev–Trinajstić information content (AvgIpc) is 2.58. The average molecular weight is 395 g/mol. The van der Waals surface area contributed by atoms with E-state index in [4.69, 9.17) is 14.2 Å². The van der Waals surface area contributed by atoms with Crippen LogP contribution in [0, 0.1) is 0 Å². The van der Waals surface area contributed by atoms with Crippen LogP contribution in [0.3, 0.4) is 0 Å². The lowest BCUT2D eigenvalue weighted by atomic mass is 10.2. The summed E-state index contributed by atoms with van der Waals surface area (Å²) in [7, 11) is 4.63. The number of amides is 1. The Balaban J connectivity index is 2.04. The van der Waals surface area contributed by atoms with Gasteiger partial charge in [-0.2, -0.15) is 0 Å². The fourth-order valence-corrected chi connectivity index (χ4v) is 2.54. The second-order valence-corrected chi connectivity index (χ2v) is 5.74. The largest absolute Gasteiger partial charge is 0.493 e. The quantitative estimate of drug-likeness (QED) is 0.751. The topological polar surface area (TPSA) is 68.8 Å². The molecule has 2 rings (SSSR count). The third kappa shape index (κ3) is 4.55. The maximum Gasteiger partial charge on any atom is 0.243 e. The zero-order valence-electron chi connectivity index (χ0n) is 13.7. The van der Waals surface area contributed by atoms with Crippen molar-refractivity contribution in [1.82, 2.24) is 0 Å². The minimum atomic E-state index is -0.165. The maximum absolute atomic E-state index is 12.1. The number of halogens is 1. The molecule has 0 saturated heterocycles. The molecule has 1 amide bonds. The van der Waals surface area contributed by atoms with Gasteiger partial charge >= 0.3 is 0 Å². The van der Waals surface area contributed by atoms with E-state index in [0.717, 1.165) is 10.2 Å². The van der Waals surface area contributed by atoms with E-state index >= 15 is 0 Å². The molecule has 128 valence electrons. The van der Waals surface area contributed by atoms with Gasteiger partial charge in [0, 0.05) is 28.0 Å². The molecule has 0 fully saturated rings. The van der Waals surface area contributed by atoms with Crippen molar-refractivity contribution in [3.8, 4) is 17.2 Å². The van der Waals surface area contributed by atoms with E-state index < -0.39 is 0 Å². The van der Waals surface area contributed by atoms with Crippen LogP contribution in [0.2, 0.25) is 0 Å². The van der Waals surface area contributed by atoms with Gasteiger partial charge in [-0.3, -0.25) is 4.79 Å². The molecule has 24 heavy (non-hydrogen) atoms. The number of benzene rings is 2. The number of rotatable bonds is 7. The molecular formula is C17H19BrN2O4. The Morgan fingerprint density at radius 3 is 2.21 bits per heavy atom. The SMILES string of the molecule is COc1cc(NCC(=O)Nc2cccc(Br)c2)cc(OC)c1OC. The van der Waals surface area contributed by atoms with Crippen molar-refractivity contribution < 1.29 is 19.0 Å². The molecule has 7 heteroatoms. The van der Waals surface area contributed by atoms with Crippen molar-refractivity contribution in [2.45, 2.75) is 0 Å². The maximum atomic E-state index is 12.1. The molecule has 0 unspecified atom stereocenters. The molecule has 2 aromatic carbocycles. The molecule has 0 spiro atoms. The van der Waals surface area contributed by atoms with E-state index in [-0.39, 0.29) is 12.5 Å². The van der Waals surface area contributed by atoms with Crippen molar-refractivity contribution in [3.05, 3.63) is 40.9 Å². The van der Waals surface area contributed by atoms with Gasteiger partial charge in [0.15, 0.2) is 11.5 Å². The zero-order valence-corrected chi connectivity index (χ0v) is 15.3. The smallest absolute Gasteiger partial charge is 0.243 e. The summed E-state index contributed by atoms with van der Waals surface area (Å²) >= 11 is 3.37. The standard InChI is InChI=1S/C17H19BrN2O4/c1-22-14-8-13(9-15(23-2)17(14)24-3)19-10-16(21)20-12-6-4-5-11(18)7-12/h4-9,19H,10H2,1-3H3,(H,20,21). The van der Waals surface area contributed by atoms with Crippen LogP contribution in [0.15, 0.2) is 40.9 Å². The second kappa shape index (κ2) is 8.44. The first kappa shape index (κ1) is 17.9. The summed E-state index contributed by atoms with van der Waals surface area (Å²) in [6.45, 7) is 0.102. The minimum Gasteiger partial charge on any atom is -0.493 e. The third-order valence-electron chi connectivity index (χ3n) is 3.23. The number of hydrogen-bond donors (Lipinski definition) is 2. The number of anilines is 2. The Bertz CT molecular complexity index is 696. The molecule has 0 heterocycles. The summed E-state index contributed by atoms with van der Waals surface area (Å²) < 4.78 is 16.7. The fraction of sp³-hybridized carbons (Fsp3) is 0.235. The molecule has 0 aliphatic rings. The van der Waals surface area contributed by atoms with Crippen LogP contribution >= 0.6 is 15.9 Å². The highest BCUT2D eigenvalue weighted by Gasteiger charge is 2.13. The Morgan fingerprint density at radius 2 is 1.67 bits per heavy atom. The van der Waals surface area contributed by atoms with Gasteiger partial charge in [0.25, 0.3) is 0 Å². The predicted molar refractivity (Wildman–Crippen MR) is 97.4 cm³/mol. The number of ether oxygens (including phenoxy) is 3. The Hall–Kier alpha value is -2.41. The van der Waals surface area contributed by atoms with Crippen LogP contribution in [-0.2, 0) is 4.79 Å². The van der Waals surface area contributed by atoms with Gasteiger partial charge in [-0.1, -0.05) is 22.0 Å². The van der Waals surface area contributed by atoms with E-state index in [2.05, 4.69) is 26.6 Å². The summed E-state index contributed by atoms with van der Waals surface area (Å²) in [6.07, 6.45) is 0. The lowest BCUT2D eigenvalue weighted by molar-refractivity contribution is -0.114. The zero-order chi connectivity index (χ0) is 17.5. The molecule has 2 aromatic rings. The highest BCUT2D eigenvalue weighted by atomic mass is 79.9. The molecule has 0 radical (unpaired) electrons. The van der Waals surface area contributed by atoms with E-state index in [0.29, 0.717) is 22.9 Å². The van der Waals surface area contributed by atoms with Crippen molar-refractivity contribution >= 4 is 33.2 Å². The van der Waals surface area contributed by atoms with Crippen molar-refractivity contribution in [2.24, 2.45) is 0 Å². The first-order chi connectivity index (χ1) is 11.6. The molecule has 0 aliphatic heterocycles. The first-order valence-electron chi connectivity index (χ1n) is 7.16. The Kier molecular flexibility index (Phi) is 6.31. The first-order valence-corrected chi connectivity index (χ1v) is 7.96. The van der Waals surface area contributed by atoms with Crippen molar-refractivity contribution in [3.63, 3.8) is 0 Å². The molecule has 6 nitrogen and oxygen atoms in total. The summed E-state index contributed by atoms with van der Waals surface area (Å²) in [5.41, 5.74) is 1.41. The van der Waals surface area contributed by atoms with Crippen LogP contribution in [0.5, 0.6) is 17.2 Å². The Labute approximate surface area is 149 Å². The lowest BCUT2D eigenvalue weighted by Gasteiger charge is -2.15. The molecule has 0 aliphatic carbocycles. The van der Waals surface area contributed by atoms with Gasteiger partial charge in [0.1, 0.15) is 0 Å². The van der Waals surface area contributed by atoms with Gasteiger partial charge in [-0.15, -0.1) is 0 Å². The number of hydrogen-bond acceptors (Lipinski definition) is 5. The summed E-state index contributed by atoms with van der Waals surface area (Å²) in [6, 6.07) is 10.9. The summed E-state index contributed by atoms with van der Waals surface area (Å²) in [4.78, 5) is 12.1. The normalized spacial score (nSPS) is 10.0. The van der Waals surface area contributed by atoms with Crippen LogP contribution < -0.4 is 24.8 Å². The van der Waals surface area contributed by atoms with Gasteiger partial charge in [-0.05, 0) is 18.2 Å². The van der Waals surface area contributed by atoms with E-state index in [1.165, 1.54) is 0 Å². The van der Waals surface area contributed by atoms with E-state index in [1.54, 1.807) is 33.5 Å². The summed E-state index contributed by atoms with van der Waals surface area (Å²) in [5, 5.41) is 5.85. The predicted octanol–water partition coefficient (Wildman–Crippen LogP) is 3.53. The molecule has 2 N–H and O–H groups in total. The number of methoxy groups -OCH3 is 3. The number of nitrogens with one attached hydrogen (secondary N) is 2. The number of carbonyl (C=O) groups is 1. The third-order valence-corrected chi connectivity index (χ3v) is 3.72. The highest BCUT2D eigenvalue weighted by Crippen LogP contribution is 2.39. The summed E-state index contributed by atoms with van der Waals surface area (Å²) in [5.74, 6) is 1.38. The van der Waals surface area contributed by atoms with Crippen LogP contribution in [0.25, 0.3) is 0 Å².